The summed E-state index contributed by atoms with van der Waals surface area (Å²) in [6, 6.07) is 12.6. The van der Waals surface area contributed by atoms with Crippen molar-refractivity contribution in [2.75, 3.05) is 24.3 Å². The second-order valence-corrected chi connectivity index (χ2v) is 7.60. The maximum atomic E-state index is 13.5. The summed E-state index contributed by atoms with van der Waals surface area (Å²) in [6.07, 6.45) is 2.34. The molecule has 0 saturated carbocycles. The average Bonchev–Trinajstić information content (AvgIpc) is 3.14. The SMILES string of the molecule is COc1nc(N)nc(N2CCC2c2nn3ccc(Cl)c3c(=O)n2-c2ccccc2)c1C#N. The first-order chi connectivity index (χ1) is 15.5. The third-order valence-corrected chi connectivity index (χ3v) is 5.75. The van der Waals surface area contributed by atoms with Crippen molar-refractivity contribution in [3.8, 4) is 17.6 Å². The van der Waals surface area contributed by atoms with Gasteiger partial charge in [0.05, 0.1) is 23.9 Å². The van der Waals surface area contributed by atoms with Crippen LogP contribution in [0.3, 0.4) is 0 Å². The van der Waals surface area contributed by atoms with Crippen LogP contribution in [0.1, 0.15) is 23.9 Å². The molecular weight excluding hydrogens is 432 g/mol. The standard InChI is InChI=1S/C21H17ClN8O2/c1-32-19-13(11-23)17(25-21(24)26-19)28-9-8-15(28)18-27-29-10-7-14(22)16(29)20(31)30(18)12-5-3-2-4-6-12/h2-7,10,15H,8-9H2,1H3,(H2,24,25,26). The monoisotopic (exact) mass is 448 g/mol. The molecule has 1 saturated heterocycles. The number of benzene rings is 1. The maximum absolute atomic E-state index is 13.5. The van der Waals surface area contributed by atoms with Gasteiger partial charge in [-0.2, -0.15) is 20.3 Å². The van der Waals surface area contributed by atoms with Gasteiger partial charge in [-0.05, 0) is 24.6 Å². The van der Waals surface area contributed by atoms with Crippen LogP contribution in [0.4, 0.5) is 11.8 Å². The number of ether oxygens (including phenoxy) is 1. The Balaban J connectivity index is 1.72. The predicted molar refractivity (Wildman–Crippen MR) is 118 cm³/mol. The van der Waals surface area contributed by atoms with Crippen molar-refractivity contribution in [3.63, 3.8) is 0 Å². The molecule has 5 rings (SSSR count). The number of hydrogen-bond donors (Lipinski definition) is 1. The molecule has 11 heteroatoms. The van der Waals surface area contributed by atoms with Crippen molar-refractivity contribution in [1.82, 2.24) is 24.1 Å². The summed E-state index contributed by atoms with van der Waals surface area (Å²) in [5, 5.41) is 14.7. The molecule has 1 aromatic carbocycles. The molecule has 1 atom stereocenters. The van der Waals surface area contributed by atoms with E-state index in [1.165, 1.54) is 11.6 Å². The van der Waals surface area contributed by atoms with Crippen LogP contribution in [0.25, 0.3) is 11.2 Å². The van der Waals surface area contributed by atoms with Gasteiger partial charge in [-0.1, -0.05) is 29.8 Å². The van der Waals surface area contributed by atoms with Crippen molar-refractivity contribution in [2.24, 2.45) is 0 Å². The van der Waals surface area contributed by atoms with Gasteiger partial charge in [-0.25, -0.2) is 4.52 Å². The maximum Gasteiger partial charge on any atom is 0.284 e. The molecule has 2 N–H and O–H groups in total. The molecule has 0 radical (unpaired) electrons. The van der Waals surface area contributed by atoms with Crippen LogP contribution in [-0.2, 0) is 0 Å². The second-order valence-electron chi connectivity index (χ2n) is 7.19. The van der Waals surface area contributed by atoms with Crippen molar-refractivity contribution < 1.29 is 4.74 Å². The number of rotatable bonds is 4. The molecule has 160 valence electrons. The highest BCUT2D eigenvalue weighted by Crippen LogP contribution is 2.39. The van der Waals surface area contributed by atoms with Crippen molar-refractivity contribution in [2.45, 2.75) is 12.5 Å². The van der Waals surface area contributed by atoms with Gasteiger partial charge < -0.3 is 15.4 Å². The largest absolute Gasteiger partial charge is 0.480 e. The Morgan fingerprint density at radius 2 is 2.03 bits per heavy atom. The Hall–Kier alpha value is -4.10. The van der Waals surface area contributed by atoms with Gasteiger partial charge in [0, 0.05) is 12.7 Å². The molecule has 10 nitrogen and oxygen atoms in total. The molecule has 1 fully saturated rings. The summed E-state index contributed by atoms with van der Waals surface area (Å²) < 4.78 is 8.25. The van der Waals surface area contributed by atoms with E-state index >= 15 is 0 Å². The molecule has 4 aromatic rings. The normalized spacial score (nSPS) is 15.4. The van der Waals surface area contributed by atoms with Crippen LogP contribution < -0.4 is 20.9 Å². The molecule has 0 aliphatic carbocycles. The minimum atomic E-state index is -0.334. The Kier molecular flexibility index (Phi) is 4.68. The fraction of sp³-hybridized carbons (Fsp3) is 0.190. The first-order valence-electron chi connectivity index (χ1n) is 9.77. The molecule has 1 unspecified atom stereocenters. The van der Waals surface area contributed by atoms with E-state index in [-0.39, 0.29) is 34.5 Å². The molecule has 3 aromatic heterocycles. The van der Waals surface area contributed by atoms with Gasteiger partial charge in [-0.15, -0.1) is 0 Å². The van der Waals surface area contributed by atoms with E-state index in [0.29, 0.717) is 35.3 Å². The zero-order chi connectivity index (χ0) is 22.4. The number of hydrogen-bond acceptors (Lipinski definition) is 8. The van der Waals surface area contributed by atoms with Crippen molar-refractivity contribution in [3.05, 3.63) is 69.4 Å². The first-order valence-corrected chi connectivity index (χ1v) is 10.1. The van der Waals surface area contributed by atoms with E-state index in [0.717, 1.165) is 0 Å². The number of nitrogens with zero attached hydrogens (tertiary/aromatic N) is 7. The van der Waals surface area contributed by atoms with Gasteiger partial charge in [0.15, 0.2) is 17.2 Å². The van der Waals surface area contributed by atoms with E-state index < -0.39 is 0 Å². The second kappa shape index (κ2) is 7.55. The van der Waals surface area contributed by atoms with Crippen LogP contribution in [0.5, 0.6) is 5.88 Å². The highest BCUT2D eigenvalue weighted by atomic mass is 35.5. The van der Waals surface area contributed by atoms with Crippen molar-refractivity contribution >= 4 is 28.9 Å². The summed E-state index contributed by atoms with van der Waals surface area (Å²) in [5.41, 5.74) is 6.68. The zero-order valence-electron chi connectivity index (χ0n) is 16.9. The topological polar surface area (TPSA) is 127 Å². The quantitative estimate of drug-likeness (QED) is 0.504. The number of nitrogen functional groups attached to an aromatic ring is 1. The van der Waals surface area contributed by atoms with Crippen molar-refractivity contribution in [1.29, 1.82) is 5.26 Å². The van der Waals surface area contributed by atoms with Crippen LogP contribution in [0, 0.1) is 11.3 Å². The summed E-state index contributed by atoms with van der Waals surface area (Å²) in [6.45, 7) is 0.591. The number of methoxy groups -OCH3 is 1. The highest BCUT2D eigenvalue weighted by Gasteiger charge is 2.37. The molecule has 0 bridgehead atoms. The summed E-state index contributed by atoms with van der Waals surface area (Å²) >= 11 is 6.27. The highest BCUT2D eigenvalue weighted by molar-refractivity contribution is 6.33. The van der Waals surface area contributed by atoms with Crippen LogP contribution >= 0.6 is 11.6 Å². The molecule has 0 spiro atoms. The zero-order valence-corrected chi connectivity index (χ0v) is 17.7. The van der Waals surface area contributed by atoms with Gasteiger partial charge in [-0.3, -0.25) is 9.36 Å². The van der Waals surface area contributed by atoms with Gasteiger partial charge in [0.2, 0.25) is 11.8 Å². The average molecular weight is 449 g/mol. The van der Waals surface area contributed by atoms with Gasteiger partial charge >= 0.3 is 0 Å². The lowest BCUT2D eigenvalue weighted by molar-refractivity contribution is 0.391. The third-order valence-electron chi connectivity index (χ3n) is 5.45. The Morgan fingerprint density at radius 3 is 2.69 bits per heavy atom. The number of para-hydroxylation sites is 1. The van der Waals surface area contributed by atoms with Gasteiger partial charge in [0.1, 0.15) is 11.6 Å². The summed E-state index contributed by atoms with van der Waals surface area (Å²) in [5.74, 6) is 0.920. The predicted octanol–water partition coefficient (Wildman–Crippen LogP) is 2.34. The van der Waals surface area contributed by atoms with Crippen LogP contribution in [0.15, 0.2) is 47.4 Å². The molecule has 32 heavy (non-hydrogen) atoms. The third kappa shape index (κ3) is 2.94. The molecule has 1 aliphatic rings. The van der Waals surface area contributed by atoms with E-state index in [4.69, 9.17) is 27.2 Å². The van der Waals surface area contributed by atoms with E-state index in [2.05, 4.69) is 16.0 Å². The number of halogens is 1. The molecular formula is C21H17ClN8O2. The van der Waals surface area contributed by atoms with Crippen LogP contribution in [-0.4, -0.2) is 37.8 Å². The number of fused-ring (bicyclic) bond motifs is 1. The molecule has 0 amide bonds. The smallest absolute Gasteiger partial charge is 0.284 e. The van der Waals surface area contributed by atoms with E-state index in [1.54, 1.807) is 16.8 Å². The number of aromatic nitrogens is 5. The summed E-state index contributed by atoms with van der Waals surface area (Å²) in [7, 11) is 1.41. The minimum absolute atomic E-state index is 0.0115. The van der Waals surface area contributed by atoms with E-state index in [9.17, 15) is 10.1 Å². The lowest BCUT2D eigenvalue weighted by Gasteiger charge is -2.42. The first kappa shape index (κ1) is 19.8. The van der Waals surface area contributed by atoms with E-state index in [1.807, 2.05) is 35.2 Å². The van der Waals surface area contributed by atoms with Crippen LogP contribution in [0.2, 0.25) is 5.02 Å². The summed E-state index contributed by atoms with van der Waals surface area (Å²) in [4.78, 5) is 23.6. The Morgan fingerprint density at radius 1 is 1.25 bits per heavy atom. The minimum Gasteiger partial charge on any atom is -0.480 e. The lowest BCUT2D eigenvalue weighted by Crippen LogP contribution is -2.45. The fourth-order valence-electron chi connectivity index (χ4n) is 3.90. The molecule has 4 heterocycles. The number of nitrogens with two attached hydrogens (primary N) is 1. The lowest BCUT2D eigenvalue weighted by atomic mass is 10.0. The molecule has 1 aliphatic heterocycles. The number of nitriles is 1. The Labute approximate surface area is 187 Å². The fourth-order valence-corrected chi connectivity index (χ4v) is 4.12. The number of anilines is 2. The van der Waals surface area contributed by atoms with Gasteiger partial charge in [0.25, 0.3) is 5.56 Å². The Bertz CT molecular complexity index is 1440.